The SMILES string of the molecule is N#Cc1cc2c(Br)c(NC3CCC(N4CCC(C(F)(F)F)CC4)CC3)ncc2o1. The summed E-state index contributed by atoms with van der Waals surface area (Å²) >= 11 is 3.55. The number of aromatic nitrogens is 1. The number of nitrogens with zero attached hydrogens (tertiary/aromatic N) is 3. The van der Waals surface area contributed by atoms with Crippen molar-refractivity contribution in [3.63, 3.8) is 0 Å². The number of piperidine rings is 1. The molecule has 29 heavy (non-hydrogen) atoms. The molecule has 0 radical (unpaired) electrons. The predicted octanol–water partition coefficient (Wildman–Crippen LogP) is 5.46. The number of fused-ring (bicyclic) bond motifs is 1. The average molecular weight is 471 g/mol. The highest BCUT2D eigenvalue weighted by Gasteiger charge is 2.42. The monoisotopic (exact) mass is 470 g/mol. The van der Waals surface area contributed by atoms with Gasteiger partial charge in [-0.05, 0) is 67.5 Å². The van der Waals surface area contributed by atoms with E-state index in [2.05, 4.69) is 31.1 Å². The van der Waals surface area contributed by atoms with E-state index >= 15 is 0 Å². The Balaban J connectivity index is 1.32. The molecule has 3 heterocycles. The number of furan rings is 1. The van der Waals surface area contributed by atoms with E-state index < -0.39 is 12.1 Å². The first kappa shape index (κ1) is 20.5. The number of pyridine rings is 1. The van der Waals surface area contributed by atoms with Crippen LogP contribution in [-0.2, 0) is 0 Å². The van der Waals surface area contributed by atoms with Gasteiger partial charge in [-0.2, -0.15) is 18.4 Å². The van der Waals surface area contributed by atoms with Crippen LogP contribution in [-0.4, -0.2) is 41.2 Å². The van der Waals surface area contributed by atoms with E-state index in [1.54, 1.807) is 12.3 Å². The Kier molecular flexibility index (Phi) is 5.76. The summed E-state index contributed by atoms with van der Waals surface area (Å²) in [5.41, 5.74) is 0.560. The van der Waals surface area contributed by atoms with E-state index in [9.17, 15) is 13.2 Å². The number of hydrogen-bond acceptors (Lipinski definition) is 5. The Morgan fingerprint density at radius 1 is 1.17 bits per heavy atom. The highest BCUT2D eigenvalue weighted by Crippen LogP contribution is 2.37. The van der Waals surface area contributed by atoms with Gasteiger partial charge in [0, 0.05) is 23.5 Å². The molecule has 0 spiro atoms. The quantitative estimate of drug-likeness (QED) is 0.644. The topological polar surface area (TPSA) is 65.1 Å². The van der Waals surface area contributed by atoms with Crippen LogP contribution in [0.3, 0.4) is 0 Å². The molecule has 2 aromatic heterocycles. The summed E-state index contributed by atoms with van der Waals surface area (Å²) in [6, 6.07) is 4.31. The summed E-state index contributed by atoms with van der Waals surface area (Å²) in [7, 11) is 0. The van der Waals surface area contributed by atoms with Gasteiger partial charge in [0.1, 0.15) is 11.9 Å². The second kappa shape index (κ2) is 8.15. The van der Waals surface area contributed by atoms with Gasteiger partial charge in [0.05, 0.1) is 16.6 Å². The fourth-order valence-corrected chi connectivity index (χ4v) is 5.03. The first-order valence-corrected chi connectivity index (χ1v) is 10.7. The standard InChI is InChI=1S/C20H22BrF3N4O/c21-18-16-9-15(10-25)29-17(16)11-26-19(18)27-13-1-3-14(4-2-13)28-7-5-12(6-8-28)20(22,23)24/h9,11-14H,1-8H2,(H,26,27). The minimum Gasteiger partial charge on any atom is -0.444 e. The number of hydrogen-bond donors (Lipinski definition) is 1. The first-order chi connectivity index (χ1) is 13.8. The van der Waals surface area contributed by atoms with E-state index in [1.807, 2.05) is 6.07 Å². The third-order valence-corrected chi connectivity index (χ3v) is 6.98. The molecule has 2 fully saturated rings. The Bertz CT molecular complexity index is 907. The molecule has 1 aliphatic heterocycles. The number of anilines is 1. The molecule has 4 rings (SSSR count). The Morgan fingerprint density at radius 2 is 1.86 bits per heavy atom. The maximum atomic E-state index is 12.9. The van der Waals surface area contributed by atoms with Crippen LogP contribution in [0.2, 0.25) is 0 Å². The number of nitriles is 1. The van der Waals surface area contributed by atoms with Crippen LogP contribution >= 0.6 is 15.9 Å². The van der Waals surface area contributed by atoms with Gasteiger partial charge in [-0.1, -0.05) is 0 Å². The maximum absolute atomic E-state index is 12.9. The zero-order valence-electron chi connectivity index (χ0n) is 15.8. The minimum absolute atomic E-state index is 0.216. The lowest BCUT2D eigenvalue weighted by Gasteiger charge is -2.41. The van der Waals surface area contributed by atoms with Gasteiger partial charge in [-0.25, -0.2) is 4.98 Å². The molecule has 2 aromatic rings. The van der Waals surface area contributed by atoms with Crippen LogP contribution < -0.4 is 5.32 Å². The van der Waals surface area contributed by atoms with Gasteiger partial charge in [-0.15, -0.1) is 0 Å². The molecule has 5 nitrogen and oxygen atoms in total. The summed E-state index contributed by atoms with van der Waals surface area (Å²) in [5, 5.41) is 13.3. The number of halogens is 4. The molecule has 0 bridgehead atoms. The molecule has 0 aromatic carbocycles. The summed E-state index contributed by atoms with van der Waals surface area (Å²) in [6.07, 6.45) is 1.83. The Morgan fingerprint density at radius 3 is 2.48 bits per heavy atom. The summed E-state index contributed by atoms with van der Waals surface area (Å²) in [5.74, 6) is -0.175. The van der Waals surface area contributed by atoms with Crippen molar-refractivity contribution in [3.05, 3.63) is 22.5 Å². The normalized spacial score (nSPS) is 24.5. The first-order valence-electron chi connectivity index (χ1n) is 9.90. The zero-order chi connectivity index (χ0) is 20.6. The van der Waals surface area contributed by atoms with Crippen LogP contribution in [0.5, 0.6) is 0 Å². The predicted molar refractivity (Wildman–Crippen MR) is 106 cm³/mol. The fourth-order valence-electron chi connectivity index (χ4n) is 4.51. The molecule has 9 heteroatoms. The van der Waals surface area contributed by atoms with Gasteiger partial charge in [0.2, 0.25) is 5.76 Å². The molecule has 1 N–H and O–H groups in total. The highest BCUT2D eigenvalue weighted by atomic mass is 79.9. The lowest BCUT2D eigenvalue weighted by Crippen LogP contribution is -2.46. The van der Waals surface area contributed by atoms with Crippen molar-refractivity contribution in [2.45, 2.75) is 56.8 Å². The van der Waals surface area contributed by atoms with E-state index in [0.717, 1.165) is 41.4 Å². The van der Waals surface area contributed by atoms with E-state index in [0.29, 0.717) is 24.7 Å². The molecular formula is C20H22BrF3N4O. The average Bonchev–Trinajstić information content (AvgIpc) is 3.14. The summed E-state index contributed by atoms with van der Waals surface area (Å²) in [6.45, 7) is 1.08. The summed E-state index contributed by atoms with van der Waals surface area (Å²) in [4.78, 5) is 6.65. The van der Waals surface area contributed by atoms with Crippen LogP contribution in [0, 0.1) is 17.2 Å². The number of nitrogens with one attached hydrogen (secondary N) is 1. The second-order valence-corrected chi connectivity index (χ2v) is 8.72. The summed E-state index contributed by atoms with van der Waals surface area (Å²) < 4.78 is 44.8. The van der Waals surface area contributed by atoms with Crippen molar-refractivity contribution in [1.29, 1.82) is 5.26 Å². The molecule has 0 atom stereocenters. The minimum atomic E-state index is -4.06. The van der Waals surface area contributed by atoms with Crippen molar-refractivity contribution in [1.82, 2.24) is 9.88 Å². The van der Waals surface area contributed by atoms with Crippen molar-refractivity contribution in [2.24, 2.45) is 5.92 Å². The van der Waals surface area contributed by atoms with E-state index in [4.69, 9.17) is 9.68 Å². The van der Waals surface area contributed by atoms with E-state index in [-0.39, 0.29) is 24.6 Å². The highest BCUT2D eigenvalue weighted by molar-refractivity contribution is 9.10. The lowest BCUT2D eigenvalue weighted by atomic mass is 9.87. The van der Waals surface area contributed by atoms with Gasteiger partial charge in [-0.3, -0.25) is 0 Å². The fraction of sp³-hybridized carbons (Fsp3) is 0.600. The molecule has 1 saturated carbocycles. The van der Waals surface area contributed by atoms with Gasteiger partial charge in [0.15, 0.2) is 5.58 Å². The van der Waals surface area contributed by atoms with Crippen LogP contribution in [0.15, 0.2) is 21.2 Å². The van der Waals surface area contributed by atoms with Crippen molar-refractivity contribution in [3.8, 4) is 6.07 Å². The molecule has 1 aliphatic carbocycles. The molecular weight excluding hydrogens is 449 g/mol. The van der Waals surface area contributed by atoms with Crippen molar-refractivity contribution >= 4 is 32.7 Å². The molecule has 0 unspecified atom stereocenters. The number of alkyl halides is 3. The second-order valence-electron chi connectivity index (χ2n) is 7.92. The van der Waals surface area contributed by atoms with Gasteiger partial charge >= 0.3 is 6.18 Å². The third kappa shape index (κ3) is 4.38. The van der Waals surface area contributed by atoms with Gasteiger partial charge < -0.3 is 14.6 Å². The lowest BCUT2D eigenvalue weighted by molar-refractivity contribution is -0.186. The molecule has 0 amide bonds. The van der Waals surface area contributed by atoms with Crippen molar-refractivity contribution < 1.29 is 17.6 Å². The number of likely N-dealkylation sites (tertiary alicyclic amines) is 1. The third-order valence-electron chi connectivity index (χ3n) is 6.17. The van der Waals surface area contributed by atoms with Gasteiger partial charge in [0.25, 0.3) is 0 Å². The van der Waals surface area contributed by atoms with Crippen molar-refractivity contribution in [2.75, 3.05) is 18.4 Å². The van der Waals surface area contributed by atoms with E-state index in [1.165, 1.54) is 0 Å². The molecule has 2 aliphatic rings. The van der Waals surface area contributed by atoms with Crippen LogP contribution in [0.4, 0.5) is 19.0 Å². The zero-order valence-corrected chi connectivity index (χ0v) is 17.4. The van der Waals surface area contributed by atoms with Crippen LogP contribution in [0.25, 0.3) is 11.0 Å². The Hall–Kier alpha value is -1.79. The number of rotatable bonds is 3. The maximum Gasteiger partial charge on any atom is 0.391 e. The Labute approximate surface area is 175 Å². The van der Waals surface area contributed by atoms with Crippen LogP contribution in [0.1, 0.15) is 44.3 Å². The largest absolute Gasteiger partial charge is 0.444 e. The smallest absolute Gasteiger partial charge is 0.391 e. The molecule has 1 saturated heterocycles. The molecule has 156 valence electrons.